The number of carbonyl (C=O) groups is 2. The first kappa shape index (κ1) is 17.0. The van der Waals surface area contributed by atoms with Gasteiger partial charge in [0.05, 0.1) is 6.42 Å². The molecule has 1 aromatic rings. The van der Waals surface area contributed by atoms with Crippen molar-refractivity contribution in [2.45, 2.75) is 57.9 Å². The number of amides is 2. The molecule has 0 atom stereocenters. The van der Waals surface area contributed by atoms with Gasteiger partial charge in [0.25, 0.3) is 0 Å². The van der Waals surface area contributed by atoms with Crippen LogP contribution in [0.1, 0.15) is 49.7 Å². The van der Waals surface area contributed by atoms with E-state index in [1.54, 1.807) is 0 Å². The largest absolute Gasteiger partial charge is 0.353 e. The van der Waals surface area contributed by atoms with E-state index in [0.29, 0.717) is 12.3 Å². The maximum atomic E-state index is 12.4. The van der Waals surface area contributed by atoms with Gasteiger partial charge < -0.3 is 10.2 Å². The number of nitrogens with zero attached hydrogens (tertiary/aromatic N) is 1. The molecule has 2 amide bonds. The molecule has 3 rings (SSSR count). The van der Waals surface area contributed by atoms with E-state index in [4.69, 9.17) is 0 Å². The summed E-state index contributed by atoms with van der Waals surface area (Å²) < 4.78 is 0. The number of likely N-dealkylation sites (tertiary alicyclic amines) is 1. The van der Waals surface area contributed by atoms with E-state index < -0.39 is 0 Å². The molecule has 0 aromatic heterocycles. The molecule has 1 aliphatic carbocycles. The van der Waals surface area contributed by atoms with Crippen LogP contribution in [-0.2, 0) is 16.0 Å². The Bertz CT molecular complexity index is 568. The molecule has 1 saturated carbocycles. The van der Waals surface area contributed by atoms with Crippen LogP contribution in [-0.4, -0.2) is 35.8 Å². The number of piperidine rings is 1. The van der Waals surface area contributed by atoms with Crippen molar-refractivity contribution >= 4 is 11.8 Å². The van der Waals surface area contributed by atoms with Crippen LogP contribution >= 0.6 is 0 Å². The van der Waals surface area contributed by atoms with E-state index in [0.717, 1.165) is 44.3 Å². The van der Waals surface area contributed by atoms with Crippen molar-refractivity contribution < 1.29 is 9.59 Å². The molecule has 1 aromatic carbocycles. The van der Waals surface area contributed by atoms with Crippen LogP contribution in [0.3, 0.4) is 0 Å². The number of carbonyl (C=O) groups excluding carboxylic acids is 2. The highest BCUT2D eigenvalue weighted by molar-refractivity contribution is 5.80. The molecule has 2 aliphatic rings. The fourth-order valence-electron chi connectivity index (χ4n) is 3.85. The maximum Gasteiger partial charge on any atom is 0.225 e. The minimum absolute atomic E-state index is 0.0828. The van der Waals surface area contributed by atoms with Gasteiger partial charge >= 0.3 is 0 Å². The van der Waals surface area contributed by atoms with Crippen LogP contribution in [0.15, 0.2) is 24.3 Å². The molecule has 1 saturated heterocycles. The SMILES string of the molecule is Cc1ccc(CC(=O)NC2CCN(C(=O)C3CCCC3)CC2)cc1. The number of benzene rings is 1. The smallest absolute Gasteiger partial charge is 0.225 e. The van der Waals surface area contributed by atoms with Gasteiger partial charge in [0.15, 0.2) is 0 Å². The van der Waals surface area contributed by atoms with Gasteiger partial charge in [0, 0.05) is 25.0 Å². The van der Waals surface area contributed by atoms with E-state index in [1.807, 2.05) is 36.1 Å². The fraction of sp³-hybridized carbons (Fsp3) is 0.600. The molecule has 1 N–H and O–H groups in total. The first-order chi connectivity index (χ1) is 11.6. The first-order valence-electron chi connectivity index (χ1n) is 9.25. The Morgan fingerprint density at radius 2 is 1.67 bits per heavy atom. The van der Waals surface area contributed by atoms with Gasteiger partial charge in [0.1, 0.15) is 0 Å². The lowest BCUT2D eigenvalue weighted by Crippen LogP contribution is -2.48. The van der Waals surface area contributed by atoms with E-state index in [2.05, 4.69) is 5.32 Å². The molecule has 2 fully saturated rings. The summed E-state index contributed by atoms with van der Waals surface area (Å²) >= 11 is 0. The van der Waals surface area contributed by atoms with Gasteiger partial charge in [-0.05, 0) is 38.2 Å². The predicted octanol–water partition coefficient (Wildman–Crippen LogP) is 2.83. The summed E-state index contributed by atoms with van der Waals surface area (Å²) in [6.07, 6.45) is 6.69. The summed E-state index contributed by atoms with van der Waals surface area (Å²) in [4.78, 5) is 26.6. The number of rotatable bonds is 4. The van der Waals surface area contributed by atoms with Crippen molar-refractivity contribution in [3.8, 4) is 0 Å². The Labute approximate surface area is 144 Å². The summed E-state index contributed by atoms with van der Waals surface area (Å²) in [5, 5.41) is 3.13. The van der Waals surface area contributed by atoms with Crippen molar-refractivity contribution in [1.29, 1.82) is 0 Å². The molecule has 0 bridgehead atoms. The maximum absolute atomic E-state index is 12.4. The molecule has 1 aliphatic heterocycles. The molecule has 0 unspecified atom stereocenters. The van der Waals surface area contributed by atoms with Crippen molar-refractivity contribution in [3.05, 3.63) is 35.4 Å². The van der Waals surface area contributed by atoms with E-state index in [1.165, 1.54) is 18.4 Å². The Morgan fingerprint density at radius 1 is 1.04 bits per heavy atom. The molecule has 130 valence electrons. The Balaban J connectivity index is 1.42. The fourth-order valence-corrected chi connectivity index (χ4v) is 3.85. The Hall–Kier alpha value is -1.84. The Kier molecular flexibility index (Phi) is 5.54. The number of hydrogen-bond acceptors (Lipinski definition) is 2. The van der Waals surface area contributed by atoms with Gasteiger partial charge in [-0.15, -0.1) is 0 Å². The minimum atomic E-state index is 0.0828. The predicted molar refractivity (Wildman–Crippen MR) is 94.6 cm³/mol. The summed E-state index contributed by atoms with van der Waals surface area (Å²) in [5.41, 5.74) is 2.26. The average molecular weight is 328 g/mol. The van der Waals surface area contributed by atoms with Crippen LogP contribution < -0.4 is 5.32 Å². The van der Waals surface area contributed by atoms with Gasteiger partial charge in [-0.1, -0.05) is 42.7 Å². The van der Waals surface area contributed by atoms with Gasteiger partial charge in [0.2, 0.25) is 11.8 Å². The lowest BCUT2D eigenvalue weighted by atomic mass is 10.0. The van der Waals surface area contributed by atoms with Gasteiger partial charge in [-0.3, -0.25) is 9.59 Å². The zero-order valence-corrected chi connectivity index (χ0v) is 14.6. The molecule has 4 nitrogen and oxygen atoms in total. The van der Waals surface area contributed by atoms with Crippen LogP contribution in [0, 0.1) is 12.8 Å². The molecular weight excluding hydrogens is 300 g/mol. The quantitative estimate of drug-likeness (QED) is 0.924. The van der Waals surface area contributed by atoms with E-state index in [9.17, 15) is 9.59 Å². The first-order valence-corrected chi connectivity index (χ1v) is 9.25. The standard InChI is InChI=1S/C20H28N2O2/c1-15-6-8-16(9-7-15)14-19(23)21-18-10-12-22(13-11-18)20(24)17-4-2-3-5-17/h6-9,17-18H,2-5,10-14H2,1H3,(H,21,23). The number of aryl methyl sites for hydroxylation is 1. The molecule has 0 spiro atoms. The third kappa shape index (κ3) is 4.37. The normalized spacial score (nSPS) is 19.5. The second-order valence-corrected chi connectivity index (χ2v) is 7.31. The van der Waals surface area contributed by atoms with E-state index >= 15 is 0 Å². The molecule has 4 heteroatoms. The summed E-state index contributed by atoms with van der Waals surface area (Å²) in [6, 6.07) is 8.30. The molecule has 24 heavy (non-hydrogen) atoms. The van der Waals surface area contributed by atoms with Crippen molar-refractivity contribution in [2.75, 3.05) is 13.1 Å². The van der Waals surface area contributed by atoms with Crippen molar-refractivity contribution in [2.24, 2.45) is 5.92 Å². The van der Waals surface area contributed by atoms with Gasteiger partial charge in [-0.2, -0.15) is 0 Å². The van der Waals surface area contributed by atoms with Crippen LogP contribution in [0.2, 0.25) is 0 Å². The second kappa shape index (κ2) is 7.82. The number of nitrogens with one attached hydrogen (secondary N) is 1. The Morgan fingerprint density at radius 3 is 2.29 bits per heavy atom. The minimum Gasteiger partial charge on any atom is -0.353 e. The van der Waals surface area contributed by atoms with E-state index in [-0.39, 0.29) is 17.9 Å². The highest BCUT2D eigenvalue weighted by Gasteiger charge is 2.30. The van der Waals surface area contributed by atoms with Crippen LogP contribution in [0.25, 0.3) is 0 Å². The lowest BCUT2D eigenvalue weighted by Gasteiger charge is -2.34. The van der Waals surface area contributed by atoms with Crippen LogP contribution in [0.4, 0.5) is 0 Å². The monoisotopic (exact) mass is 328 g/mol. The van der Waals surface area contributed by atoms with Crippen molar-refractivity contribution in [1.82, 2.24) is 10.2 Å². The topological polar surface area (TPSA) is 49.4 Å². The highest BCUT2D eigenvalue weighted by Crippen LogP contribution is 2.27. The zero-order valence-electron chi connectivity index (χ0n) is 14.6. The summed E-state index contributed by atoms with van der Waals surface area (Å²) in [5.74, 6) is 0.689. The molecule has 1 heterocycles. The molecular formula is C20H28N2O2. The van der Waals surface area contributed by atoms with Crippen molar-refractivity contribution in [3.63, 3.8) is 0 Å². The summed E-state index contributed by atoms with van der Waals surface area (Å²) in [6.45, 7) is 3.61. The average Bonchev–Trinajstić information content (AvgIpc) is 3.11. The number of hydrogen-bond donors (Lipinski definition) is 1. The second-order valence-electron chi connectivity index (χ2n) is 7.31. The summed E-state index contributed by atoms with van der Waals surface area (Å²) in [7, 11) is 0. The van der Waals surface area contributed by atoms with Gasteiger partial charge in [-0.25, -0.2) is 0 Å². The zero-order chi connectivity index (χ0) is 16.9. The third-order valence-electron chi connectivity index (χ3n) is 5.36. The highest BCUT2D eigenvalue weighted by atomic mass is 16.2. The third-order valence-corrected chi connectivity index (χ3v) is 5.36. The lowest BCUT2D eigenvalue weighted by molar-refractivity contribution is -0.136. The van der Waals surface area contributed by atoms with Crippen LogP contribution in [0.5, 0.6) is 0 Å². The molecule has 0 radical (unpaired) electrons.